The first-order valence-electron chi connectivity index (χ1n) is 4.75. The molecule has 0 saturated carbocycles. The van der Waals surface area contributed by atoms with Crippen molar-refractivity contribution >= 4 is 5.91 Å². The van der Waals surface area contributed by atoms with E-state index >= 15 is 0 Å². The Morgan fingerprint density at radius 3 is 2.81 bits per heavy atom. The highest BCUT2D eigenvalue weighted by atomic mass is 19.1. The van der Waals surface area contributed by atoms with Crippen molar-refractivity contribution in [2.24, 2.45) is 5.73 Å². The van der Waals surface area contributed by atoms with Crippen LogP contribution in [-0.2, 0) is 9.53 Å². The van der Waals surface area contributed by atoms with E-state index in [0.29, 0.717) is 0 Å². The number of amides is 1. The van der Waals surface area contributed by atoms with E-state index in [2.05, 4.69) is 5.32 Å². The van der Waals surface area contributed by atoms with Gasteiger partial charge in [-0.3, -0.25) is 4.79 Å². The van der Waals surface area contributed by atoms with E-state index in [-0.39, 0.29) is 0 Å². The van der Waals surface area contributed by atoms with Gasteiger partial charge in [-0.15, -0.1) is 0 Å². The lowest BCUT2D eigenvalue weighted by atomic mass is 9.99. The maximum Gasteiger partial charge on any atom is 0.242 e. The predicted octanol–water partition coefficient (Wildman–Crippen LogP) is -1.62. The first-order valence-corrected chi connectivity index (χ1v) is 4.75. The van der Waals surface area contributed by atoms with Crippen molar-refractivity contribution in [2.45, 2.75) is 31.0 Å². The number of carbonyl (C=O) groups is 1. The summed E-state index contributed by atoms with van der Waals surface area (Å²) in [6.07, 6.45) is -1.43. The largest absolute Gasteiger partial charge is 0.394 e. The van der Waals surface area contributed by atoms with E-state index in [0.717, 1.165) is 19.2 Å². The zero-order valence-electron chi connectivity index (χ0n) is 8.76. The number of aliphatic hydroxyl groups is 2. The quantitative estimate of drug-likeness (QED) is 0.438. The van der Waals surface area contributed by atoms with Gasteiger partial charge in [0.1, 0.15) is 12.2 Å². The molecule has 0 aliphatic carbocycles. The van der Waals surface area contributed by atoms with Gasteiger partial charge in [0.25, 0.3) is 0 Å². The predicted molar refractivity (Wildman–Crippen MR) is 52.7 cm³/mol. The molecule has 0 aromatic rings. The lowest BCUT2D eigenvalue weighted by Gasteiger charge is -2.23. The van der Waals surface area contributed by atoms with Crippen LogP contribution < -0.4 is 11.1 Å². The molecule has 6 nitrogen and oxygen atoms in total. The van der Waals surface area contributed by atoms with Crippen molar-refractivity contribution in [3.63, 3.8) is 0 Å². The molecule has 1 saturated heterocycles. The van der Waals surface area contributed by atoms with Crippen LogP contribution in [0.4, 0.5) is 4.39 Å². The molecule has 0 bridgehead atoms. The normalized spacial score (nSPS) is 39.1. The van der Waals surface area contributed by atoms with Gasteiger partial charge in [-0.2, -0.15) is 0 Å². The molecular formula is C9H15FN2O4. The molecule has 1 aliphatic heterocycles. The molecule has 7 heteroatoms. The lowest BCUT2D eigenvalue weighted by Crippen LogP contribution is -2.46. The third-order valence-electron chi connectivity index (χ3n) is 2.43. The third kappa shape index (κ3) is 2.49. The molecule has 0 aromatic carbocycles. The summed E-state index contributed by atoms with van der Waals surface area (Å²) in [5.74, 6) is -0.690. The number of hydrogen-bond acceptors (Lipinski definition) is 5. The van der Waals surface area contributed by atoms with Gasteiger partial charge in [-0.05, 0) is 6.92 Å². The number of hydrogen-bond donors (Lipinski definition) is 4. The van der Waals surface area contributed by atoms with Gasteiger partial charge in [-0.25, -0.2) is 4.39 Å². The number of rotatable bonds is 4. The molecule has 0 unspecified atom stereocenters. The van der Waals surface area contributed by atoms with Gasteiger partial charge in [0.15, 0.2) is 11.9 Å². The SMILES string of the molecule is C[C@]1(F)[C@H](N/C=C\C(N)=O)O[C@H](CO)[C@H]1O. The van der Waals surface area contributed by atoms with Crippen LogP contribution in [0.2, 0.25) is 0 Å². The number of alkyl halides is 1. The lowest BCUT2D eigenvalue weighted by molar-refractivity contribution is -0.113. The van der Waals surface area contributed by atoms with E-state index in [1.165, 1.54) is 0 Å². The van der Waals surface area contributed by atoms with E-state index < -0.39 is 36.6 Å². The van der Waals surface area contributed by atoms with Crippen LogP contribution in [0, 0.1) is 0 Å². The smallest absolute Gasteiger partial charge is 0.242 e. The second-order valence-corrected chi connectivity index (χ2v) is 3.74. The Morgan fingerprint density at radius 2 is 2.38 bits per heavy atom. The number of ether oxygens (including phenoxy) is 1. The van der Waals surface area contributed by atoms with Gasteiger partial charge in [0.2, 0.25) is 5.91 Å². The molecule has 16 heavy (non-hydrogen) atoms. The minimum atomic E-state index is -2.06. The van der Waals surface area contributed by atoms with Crippen molar-refractivity contribution < 1.29 is 24.1 Å². The molecule has 5 N–H and O–H groups in total. The molecular weight excluding hydrogens is 219 g/mol. The molecule has 1 rings (SSSR count). The van der Waals surface area contributed by atoms with Crippen LogP contribution in [0.1, 0.15) is 6.92 Å². The summed E-state index contributed by atoms with van der Waals surface area (Å²) in [5.41, 5.74) is 2.78. The third-order valence-corrected chi connectivity index (χ3v) is 2.43. The summed E-state index contributed by atoms with van der Waals surface area (Å²) in [5, 5.41) is 20.8. The molecule has 0 aromatic heterocycles. The average molecular weight is 234 g/mol. The Balaban J connectivity index is 2.64. The first kappa shape index (κ1) is 12.9. The summed E-state index contributed by atoms with van der Waals surface area (Å²) in [7, 11) is 0. The van der Waals surface area contributed by atoms with Gasteiger partial charge < -0.3 is 26.0 Å². The molecule has 1 heterocycles. The summed E-state index contributed by atoms with van der Waals surface area (Å²) >= 11 is 0. The minimum Gasteiger partial charge on any atom is -0.394 e. The molecule has 1 amide bonds. The average Bonchev–Trinajstić information content (AvgIpc) is 2.41. The number of nitrogens with one attached hydrogen (secondary N) is 1. The highest BCUT2D eigenvalue weighted by molar-refractivity contribution is 5.85. The summed E-state index contributed by atoms with van der Waals surface area (Å²) in [6, 6.07) is 0. The molecule has 1 aliphatic rings. The van der Waals surface area contributed by atoms with Gasteiger partial charge in [0.05, 0.1) is 6.61 Å². The van der Waals surface area contributed by atoms with E-state index in [1.54, 1.807) is 0 Å². The Morgan fingerprint density at radius 1 is 1.75 bits per heavy atom. The zero-order valence-corrected chi connectivity index (χ0v) is 8.76. The van der Waals surface area contributed by atoms with Crippen molar-refractivity contribution in [2.75, 3.05) is 6.61 Å². The fraction of sp³-hybridized carbons (Fsp3) is 0.667. The number of halogens is 1. The van der Waals surface area contributed by atoms with E-state index in [9.17, 15) is 14.3 Å². The Bertz CT molecular complexity index is 295. The van der Waals surface area contributed by atoms with Gasteiger partial charge >= 0.3 is 0 Å². The number of carbonyl (C=O) groups excluding carboxylic acids is 1. The number of aliphatic hydroxyl groups excluding tert-OH is 2. The Labute approximate surface area is 91.9 Å². The molecule has 1 fully saturated rings. The molecule has 0 spiro atoms. The summed E-state index contributed by atoms with van der Waals surface area (Å²) in [4.78, 5) is 10.4. The minimum absolute atomic E-state index is 0.488. The fourth-order valence-corrected chi connectivity index (χ4v) is 1.46. The summed E-state index contributed by atoms with van der Waals surface area (Å²) < 4.78 is 19.0. The highest BCUT2D eigenvalue weighted by Gasteiger charge is 2.53. The van der Waals surface area contributed by atoms with Crippen LogP contribution >= 0.6 is 0 Å². The maximum atomic E-state index is 13.9. The van der Waals surface area contributed by atoms with Crippen LogP contribution in [0.3, 0.4) is 0 Å². The second kappa shape index (κ2) is 4.77. The maximum absolute atomic E-state index is 13.9. The van der Waals surface area contributed by atoms with E-state index in [1.807, 2.05) is 0 Å². The van der Waals surface area contributed by atoms with Gasteiger partial charge in [0, 0.05) is 12.3 Å². The molecule has 4 atom stereocenters. The van der Waals surface area contributed by atoms with Crippen LogP contribution in [-0.4, -0.2) is 46.8 Å². The summed E-state index contributed by atoms with van der Waals surface area (Å²) in [6.45, 7) is 0.654. The highest BCUT2D eigenvalue weighted by Crippen LogP contribution is 2.32. The standard InChI is InChI=1S/C9H15FN2O4/c1-9(10)7(15)5(4-13)16-8(9)12-3-2-6(11)14/h2-3,5,7-8,12-13,15H,4H2,1H3,(H2,11,14)/b3-2-/t5-,7-,8-,9-/m1/s1. The van der Waals surface area contributed by atoms with Crippen LogP contribution in [0.15, 0.2) is 12.3 Å². The molecule has 0 radical (unpaired) electrons. The van der Waals surface area contributed by atoms with Crippen LogP contribution in [0.25, 0.3) is 0 Å². The van der Waals surface area contributed by atoms with Crippen molar-refractivity contribution in [3.8, 4) is 0 Å². The number of nitrogens with two attached hydrogens (primary N) is 1. The van der Waals surface area contributed by atoms with Crippen molar-refractivity contribution in [1.82, 2.24) is 5.32 Å². The van der Waals surface area contributed by atoms with Gasteiger partial charge in [-0.1, -0.05) is 0 Å². The first-order chi connectivity index (χ1) is 7.39. The number of primary amides is 1. The Hall–Kier alpha value is -1.18. The van der Waals surface area contributed by atoms with Crippen molar-refractivity contribution in [1.29, 1.82) is 0 Å². The topological polar surface area (TPSA) is 105 Å². The Kier molecular flexibility index (Phi) is 3.84. The molecule has 92 valence electrons. The monoisotopic (exact) mass is 234 g/mol. The van der Waals surface area contributed by atoms with E-state index in [4.69, 9.17) is 15.6 Å². The second-order valence-electron chi connectivity index (χ2n) is 3.74. The van der Waals surface area contributed by atoms with Crippen molar-refractivity contribution in [3.05, 3.63) is 12.3 Å². The fourth-order valence-electron chi connectivity index (χ4n) is 1.46. The zero-order chi connectivity index (χ0) is 12.3. The van der Waals surface area contributed by atoms with Crippen LogP contribution in [0.5, 0.6) is 0 Å².